The van der Waals surface area contributed by atoms with Crippen molar-refractivity contribution in [1.29, 1.82) is 5.26 Å². The molecule has 0 saturated heterocycles. The third-order valence-electron chi connectivity index (χ3n) is 2.76. The number of nitrogens with zero attached hydrogens (tertiary/aromatic N) is 2. The fraction of sp³-hybridized carbons (Fsp3) is 0.125. The Labute approximate surface area is 137 Å². The minimum Gasteiger partial charge on any atom is -0.465 e. The van der Waals surface area contributed by atoms with Crippen LogP contribution in [0, 0.1) is 11.3 Å². The van der Waals surface area contributed by atoms with Gasteiger partial charge in [0.25, 0.3) is 0 Å². The van der Waals surface area contributed by atoms with E-state index in [0.717, 1.165) is 4.90 Å². The first-order chi connectivity index (χ1) is 11.1. The molecule has 23 heavy (non-hydrogen) atoms. The van der Waals surface area contributed by atoms with Crippen molar-refractivity contribution in [3.05, 3.63) is 48.2 Å². The Morgan fingerprint density at radius 2 is 2.04 bits per heavy atom. The number of amides is 1. The van der Waals surface area contributed by atoms with Crippen molar-refractivity contribution in [2.75, 3.05) is 12.4 Å². The molecule has 0 aliphatic carbocycles. The van der Waals surface area contributed by atoms with Crippen molar-refractivity contribution < 1.29 is 14.3 Å². The fourth-order valence-electron chi connectivity index (χ4n) is 1.71. The first kappa shape index (κ1) is 16.5. The van der Waals surface area contributed by atoms with Gasteiger partial charge in [-0.25, -0.2) is 9.78 Å². The van der Waals surface area contributed by atoms with Crippen LogP contribution in [-0.4, -0.2) is 24.0 Å². The van der Waals surface area contributed by atoms with Crippen LogP contribution in [0.15, 0.2) is 52.5 Å². The van der Waals surface area contributed by atoms with Crippen LogP contribution in [0.1, 0.15) is 16.8 Å². The second kappa shape index (κ2) is 7.96. The number of nitriles is 1. The summed E-state index contributed by atoms with van der Waals surface area (Å²) in [5.74, 6) is -0.759. The lowest BCUT2D eigenvalue weighted by Gasteiger charge is -2.05. The Morgan fingerprint density at radius 3 is 2.70 bits per heavy atom. The Morgan fingerprint density at radius 1 is 1.30 bits per heavy atom. The normalized spacial score (nSPS) is 9.74. The second-order valence-electron chi connectivity index (χ2n) is 4.38. The molecule has 0 bridgehead atoms. The molecule has 7 heteroatoms. The van der Waals surface area contributed by atoms with E-state index in [9.17, 15) is 9.59 Å². The third kappa shape index (κ3) is 4.83. The summed E-state index contributed by atoms with van der Waals surface area (Å²) in [7, 11) is 1.33. The lowest BCUT2D eigenvalue weighted by Crippen LogP contribution is -2.09. The van der Waals surface area contributed by atoms with Crippen molar-refractivity contribution in [2.45, 2.75) is 16.3 Å². The topological polar surface area (TPSA) is 92.1 Å². The van der Waals surface area contributed by atoms with Crippen LogP contribution < -0.4 is 5.32 Å². The molecule has 1 aromatic carbocycles. The van der Waals surface area contributed by atoms with E-state index in [1.165, 1.54) is 18.9 Å². The molecule has 0 unspecified atom stereocenters. The fourth-order valence-corrected chi connectivity index (χ4v) is 2.53. The second-order valence-corrected chi connectivity index (χ2v) is 5.48. The van der Waals surface area contributed by atoms with Gasteiger partial charge in [0.05, 0.1) is 18.7 Å². The maximum absolute atomic E-state index is 11.5. The maximum atomic E-state index is 11.5. The number of ether oxygens (including phenoxy) is 1. The molecule has 0 radical (unpaired) electrons. The van der Waals surface area contributed by atoms with Gasteiger partial charge in [-0.05, 0) is 36.4 Å². The monoisotopic (exact) mass is 327 g/mol. The zero-order chi connectivity index (χ0) is 16.7. The molecule has 1 heterocycles. The van der Waals surface area contributed by atoms with Crippen molar-refractivity contribution in [3.63, 3.8) is 0 Å². The number of hydrogen-bond donors (Lipinski definition) is 1. The largest absolute Gasteiger partial charge is 0.465 e. The Hall–Kier alpha value is -2.85. The number of nitrogens with one attached hydrogen (secondary N) is 1. The van der Waals surface area contributed by atoms with Crippen molar-refractivity contribution in [3.8, 4) is 6.07 Å². The van der Waals surface area contributed by atoms with Crippen LogP contribution in [0.4, 0.5) is 5.69 Å². The summed E-state index contributed by atoms with van der Waals surface area (Å²) >= 11 is 1.38. The lowest BCUT2D eigenvalue weighted by atomic mass is 10.3. The van der Waals surface area contributed by atoms with Gasteiger partial charge in [-0.15, -0.1) is 0 Å². The van der Waals surface area contributed by atoms with Gasteiger partial charge in [-0.3, -0.25) is 4.79 Å². The number of pyridine rings is 1. The quantitative estimate of drug-likeness (QED) is 0.849. The smallest absolute Gasteiger partial charge is 0.337 e. The highest BCUT2D eigenvalue weighted by atomic mass is 32.2. The third-order valence-corrected chi connectivity index (χ3v) is 3.70. The first-order valence-corrected chi connectivity index (χ1v) is 7.43. The van der Waals surface area contributed by atoms with Crippen molar-refractivity contribution >= 4 is 29.3 Å². The van der Waals surface area contributed by atoms with Crippen LogP contribution in [0.5, 0.6) is 0 Å². The average molecular weight is 327 g/mol. The Bertz CT molecular complexity index is 754. The highest BCUT2D eigenvalue weighted by molar-refractivity contribution is 7.99. The molecule has 0 saturated carbocycles. The molecule has 0 spiro atoms. The molecule has 116 valence electrons. The van der Waals surface area contributed by atoms with Crippen molar-refractivity contribution in [2.24, 2.45) is 0 Å². The summed E-state index contributed by atoms with van der Waals surface area (Å²) in [6.07, 6.45) is 1.37. The summed E-state index contributed by atoms with van der Waals surface area (Å²) < 4.78 is 4.67. The van der Waals surface area contributed by atoms with E-state index in [-0.39, 0.29) is 12.3 Å². The summed E-state index contributed by atoms with van der Waals surface area (Å²) in [5, 5.41) is 11.7. The van der Waals surface area contributed by atoms with E-state index in [1.807, 2.05) is 12.1 Å². The van der Waals surface area contributed by atoms with Crippen LogP contribution >= 0.6 is 11.8 Å². The molecule has 0 aliphatic heterocycles. The zero-order valence-corrected chi connectivity index (χ0v) is 13.1. The molecule has 0 aliphatic rings. The summed E-state index contributed by atoms with van der Waals surface area (Å²) in [4.78, 5) is 27.9. The number of esters is 1. The van der Waals surface area contributed by atoms with E-state index in [2.05, 4.69) is 15.0 Å². The van der Waals surface area contributed by atoms with Gasteiger partial charge in [0.1, 0.15) is 11.4 Å². The summed E-state index contributed by atoms with van der Waals surface area (Å²) in [5.41, 5.74) is 1.05. The molecular weight excluding hydrogens is 314 g/mol. The van der Waals surface area contributed by atoms with E-state index >= 15 is 0 Å². The molecule has 2 rings (SSSR count). The predicted molar refractivity (Wildman–Crippen MR) is 85.0 cm³/mol. The molecule has 1 amide bonds. The molecular formula is C16H13N3O3S. The van der Waals surface area contributed by atoms with E-state index in [0.29, 0.717) is 16.3 Å². The standard InChI is InChI=1S/C16H13N3O3S/c1-22-16(21)11-7-9-18-15(10-11)23-13-4-2-12(3-5-13)19-14(20)6-8-17/h2-5,7,9-10H,6H2,1H3,(H,19,20). The number of anilines is 1. The predicted octanol–water partition coefficient (Wildman–Crippen LogP) is 2.87. The SMILES string of the molecule is COC(=O)c1ccnc(Sc2ccc(NC(=O)CC#N)cc2)c1. The molecule has 1 aromatic heterocycles. The van der Waals surface area contributed by atoms with Crippen LogP contribution in [0.2, 0.25) is 0 Å². The highest BCUT2D eigenvalue weighted by Crippen LogP contribution is 2.27. The number of aromatic nitrogens is 1. The molecule has 0 atom stereocenters. The zero-order valence-electron chi connectivity index (χ0n) is 12.3. The van der Waals surface area contributed by atoms with Gasteiger partial charge in [-0.1, -0.05) is 11.8 Å². The van der Waals surface area contributed by atoms with Gasteiger partial charge in [-0.2, -0.15) is 5.26 Å². The summed E-state index contributed by atoms with van der Waals surface area (Å²) in [6.45, 7) is 0. The van der Waals surface area contributed by atoms with Gasteiger partial charge in [0.2, 0.25) is 5.91 Å². The maximum Gasteiger partial charge on any atom is 0.337 e. The molecule has 2 aromatic rings. The number of hydrogen-bond acceptors (Lipinski definition) is 6. The molecule has 0 fully saturated rings. The number of benzene rings is 1. The number of methoxy groups -OCH3 is 1. The first-order valence-electron chi connectivity index (χ1n) is 6.61. The van der Waals surface area contributed by atoms with Gasteiger partial charge >= 0.3 is 5.97 Å². The number of rotatable bonds is 5. The van der Waals surface area contributed by atoms with E-state index in [1.54, 1.807) is 36.5 Å². The Balaban J connectivity index is 2.05. The van der Waals surface area contributed by atoms with Crippen LogP contribution in [0.25, 0.3) is 0 Å². The molecule has 1 N–H and O–H groups in total. The minimum atomic E-state index is -0.412. The van der Waals surface area contributed by atoms with Crippen molar-refractivity contribution in [1.82, 2.24) is 4.98 Å². The Kier molecular flexibility index (Phi) is 5.72. The van der Waals surface area contributed by atoms with Gasteiger partial charge < -0.3 is 10.1 Å². The van der Waals surface area contributed by atoms with Crippen LogP contribution in [-0.2, 0) is 9.53 Å². The van der Waals surface area contributed by atoms with Gasteiger partial charge in [0.15, 0.2) is 0 Å². The average Bonchev–Trinajstić information content (AvgIpc) is 2.56. The van der Waals surface area contributed by atoms with Crippen LogP contribution in [0.3, 0.4) is 0 Å². The lowest BCUT2D eigenvalue weighted by molar-refractivity contribution is -0.115. The summed E-state index contributed by atoms with van der Waals surface area (Å²) in [6, 6.07) is 12.1. The highest BCUT2D eigenvalue weighted by Gasteiger charge is 2.08. The van der Waals surface area contributed by atoms with E-state index in [4.69, 9.17) is 5.26 Å². The molecule has 6 nitrogen and oxygen atoms in total. The minimum absolute atomic E-state index is 0.180. The van der Waals surface area contributed by atoms with Gasteiger partial charge in [0, 0.05) is 16.8 Å². The number of carbonyl (C=O) groups excluding carboxylic acids is 2. The van der Waals surface area contributed by atoms with E-state index < -0.39 is 5.97 Å². The number of carbonyl (C=O) groups is 2.